The number of carbonyl (C=O) groups excluding carboxylic acids is 2. The van der Waals surface area contributed by atoms with Crippen molar-refractivity contribution in [3.63, 3.8) is 0 Å². The van der Waals surface area contributed by atoms with Crippen LogP contribution in [-0.2, 0) is 20.7 Å². The first-order valence-electron chi connectivity index (χ1n) is 10.0. The SMILES string of the molecule is COc1cc2c3c(c1O)-c1cc4c(cc1C[C@@H]3N(C(=O)C(F)(F)F)C[C@H]2OC(C)=O)OCO4. The number of aromatic hydroxyl groups is 1. The highest BCUT2D eigenvalue weighted by Gasteiger charge is 2.51. The minimum atomic E-state index is -5.14. The molecule has 5 rings (SSSR count). The smallest absolute Gasteiger partial charge is 0.471 e. The van der Waals surface area contributed by atoms with Gasteiger partial charge in [0, 0.05) is 18.1 Å². The van der Waals surface area contributed by atoms with Crippen molar-refractivity contribution in [3.8, 4) is 34.1 Å². The molecule has 2 aromatic rings. The molecule has 2 heterocycles. The molecule has 11 heteroatoms. The number of phenolic OH excluding ortho intramolecular Hbond substituents is 1. The Morgan fingerprint density at radius 2 is 1.88 bits per heavy atom. The van der Waals surface area contributed by atoms with E-state index < -0.39 is 36.7 Å². The van der Waals surface area contributed by atoms with Crippen LogP contribution in [0.1, 0.15) is 35.8 Å². The summed E-state index contributed by atoms with van der Waals surface area (Å²) in [5.74, 6) is -2.19. The number of ether oxygens (including phenoxy) is 4. The number of phenols is 1. The molecule has 0 bridgehead atoms. The van der Waals surface area contributed by atoms with Gasteiger partial charge in [-0.1, -0.05) is 0 Å². The first-order chi connectivity index (χ1) is 15.6. The highest BCUT2D eigenvalue weighted by atomic mass is 19.4. The molecule has 0 fully saturated rings. The van der Waals surface area contributed by atoms with Crippen molar-refractivity contribution in [3.05, 3.63) is 34.9 Å². The normalized spacial score (nSPS) is 20.1. The molecule has 2 aliphatic heterocycles. The van der Waals surface area contributed by atoms with Crippen LogP contribution in [0.5, 0.6) is 23.0 Å². The third-order valence-electron chi connectivity index (χ3n) is 6.07. The van der Waals surface area contributed by atoms with Crippen molar-refractivity contribution in [1.29, 1.82) is 0 Å². The second-order valence-electron chi connectivity index (χ2n) is 7.94. The molecule has 1 N–H and O–H groups in total. The first-order valence-corrected chi connectivity index (χ1v) is 10.0. The van der Waals surface area contributed by atoms with Crippen molar-refractivity contribution < 1.29 is 46.8 Å². The molecule has 1 amide bonds. The Morgan fingerprint density at radius 3 is 2.52 bits per heavy atom. The summed E-state index contributed by atoms with van der Waals surface area (Å²) < 4.78 is 61.9. The summed E-state index contributed by atoms with van der Waals surface area (Å²) in [5.41, 5.74) is 1.91. The minimum Gasteiger partial charge on any atom is -0.504 e. The van der Waals surface area contributed by atoms with Crippen molar-refractivity contribution in [1.82, 2.24) is 4.90 Å². The standard InChI is InChI=1S/C22H18F3NO7/c1-9(27)33-17-7-26(21(29)22(23,24)25)13-3-10-4-14-15(32-8-31-14)5-11(10)19-18(13)12(17)6-16(30-2)20(19)28/h4-6,13,17,28H,3,7-8H2,1-2H3/t13-,17+/m0/s1. The third-order valence-corrected chi connectivity index (χ3v) is 6.07. The van der Waals surface area contributed by atoms with E-state index in [1.807, 2.05) is 0 Å². The van der Waals surface area contributed by atoms with Gasteiger partial charge < -0.3 is 29.0 Å². The average Bonchev–Trinajstić information content (AvgIpc) is 3.20. The van der Waals surface area contributed by atoms with Gasteiger partial charge in [0.25, 0.3) is 0 Å². The molecule has 0 radical (unpaired) electrons. The predicted octanol–water partition coefficient (Wildman–Crippen LogP) is 3.40. The zero-order chi connectivity index (χ0) is 23.7. The molecule has 0 spiro atoms. The van der Waals surface area contributed by atoms with E-state index in [9.17, 15) is 27.9 Å². The van der Waals surface area contributed by atoms with Gasteiger partial charge in [0.15, 0.2) is 23.0 Å². The third kappa shape index (κ3) is 3.21. The Kier molecular flexibility index (Phi) is 4.62. The molecule has 0 saturated heterocycles. The zero-order valence-electron chi connectivity index (χ0n) is 17.5. The number of rotatable bonds is 2. The number of hydrogen-bond donors (Lipinski definition) is 1. The fourth-order valence-corrected chi connectivity index (χ4v) is 4.79. The van der Waals surface area contributed by atoms with Crippen LogP contribution in [0, 0.1) is 0 Å². The number of esters is 1. The van der Waals surface area contributed by atoms with Gasteiger partial charge in [0.1, 0.15) is 6.10 Å². The topological polar surface area (TPSA) is 94.5 Å². The Bertz CT molecular complexity index is 1190. The quantitative estimate of drug-likeness (QED) is 0.680. The molecule has 8 nitrogen and oxygen atoms in total. The summed E-state index contributed by atoms with van der Waals surface area (Å²) in [6.45, 7) is 0.613. The van der Waals surface area contributed by atoms with Gasteiger partial charge >= 0.3 is 18.1 Å². The number of benzene rings is 2. The first kappa shape index (κ1) is 21.2. The number of hydrogen-bond acceptors (Lipinski definition) is 7. The lowest BCUT2D eigenvalue weighted by molar-refractivity contribution is -0.191. The number of alkyl halides is 3. The molecule has 33 heavy (non-hydrogen) atoms. The summed E-state index contributed by atoms with van der Waals surface area (Å²) in [7, 11) is 1.33. The van der Waals surface area contributed by atoms with Crippen molar-refractivity contribution in [2.75, 3.05) is 20.4 Å². The van der Waals surface area contributed by atoms with E-state index in [4.69, 9.17) is 18.9 Å². The Labute approximate surface area is 185 Å². The number of carbonyl (C=O) groups is 2. The molecule has 1 aliphatic carbocycles. The van der Waals surface area contributed by atoms with Crippen LogP contribution in [0.2, 0.25) is 0 Å². The lowest BCUT2D eigenvalue weighted by Gasteiger charge is -2.44. The van der Waals surface area contributed by atoms with Crippen LogP contribution in [0.25, 0.3) is 11.1 Å². The van der Waals surface area contributed by atoms with Crippen LogP contribution < -0.4 is 14.2 Å². The molecule has 0 unspecified atom stereocenters. The van der Waals surface area contributed by atoms with Crippen LogP contribution in [0.3, 0.4) is 0 Å². The molecule has 0 saturated carbocycles. The van der Waals surface area contributed by atoms with E-state index in [0.29, 0.717) is 33.1 Å². The maximum atomic E-state index is 13.5. The lowest BCUT2D eigenvalue weighted by Crippen LogP contribution is -2.49. The van der Waals surface area contributed by atoms with Gasteiger partial charge in [-0.2, -0.15) is 13.2 Å². The van der Waals surface area contributed by atoms with E-state index in [2.05, 4.69) is 0 Å². The molecule has 0 aromatic heterocycles. The summed E-state index contributed by atoms with van der Waals surface area (Å²) in [4.78, 5) is 24.8. The van der Waals surface area contributed by atoms with Crippen molar-refractivity contribution in [2.45, 2.75) is 31.7 Å². The molecular formula is C22H18F3NO7. The van der Waals surface area contributed by atoms with Crippen molar-refractivity contribution in [2.24, 2.45) is 0 Å². The van der Waals surface area contributed by atoms with Crippen LogP contribution >= 0.6 is 0 Å². The Hall–Kier alpha value is -3.63. The van der Waals surface area contributed by atoms with E-state index >= 15 is 0 Å². The maximum absolute atomic E-state index is 13.5. The predicted molar refractivity (Wildman–Crippen MR) is 105 cm³/mol. The second kappa shape index (κ2) is 7.19. The van der Waals surface area contributed by atoms with Gasteiger partial charge in [0.2, 0.25) is 6.79 Å². The molecular weight excluding hydrogens is 447 g/mol. The maximum Gasteiger partial charge on any atom is 0.471 e. The van der Waals surface area contributed by atoms with Gasteiger partial charge in [-0.3, -0.25) is 9.59 Å². The summed E-state index contributed by atoms with van der Waals surface area (Å²) >= 11 is 0. The number of methoxy groups -OCH3 is 1. The van der Waals surface area contributed by atoms with Gasteiger partial charge in [-0.25, -0.2) is 0 Å². The second-order valence-corrected chi connectivity index (χ2v) is 7.94. The number of halogens is 3. The summed E-state index contributed by atoms with van der Waals surface area (Å²) in [6, 6.07) is 3.64. The highest BCUT2D eigenvalue weighted by molar-refractivity contribution is 5.88. The van der Waals surface area contributed by atoms with E-state index in [1.165, 1.54) is 13.2 Å². The van der Waals surface area contributed by atoms with E-state index in [-0.39, 0.29) is 35.8 Å². The highest BCUT2D eigenvalue weighted by Crippen LogP contribution is 2.56. The minimum absolute atomic E-state index is 0.0168. The molecule has 2 atom stereocenters. The fourth-order valence-electron chi connectivity index (χ4n) is 4.79. The fraction of sp³-hybridized carbons (Fsp3) is 0.364. The summed E-state index contributed by atoms with van der Waals surface area (Å²) in [6.07, 6.45) is -6.28. The van der Waals surface area contributed by atoms with Crippen molar-refractivity contribution >= 4 is 11.9 Å². The number of amides is 1. The monoisotopic (exact) mass is 465 g/mol. The molecule has 174 valence electrons. The largest absolute Gasteiger partial charge is 0.504 e. The van der Waals surface area contributed by atoms with Gasteiger partial charge in [-0.05, 0) is 41.3 Å². The average molecular weight is 465 g/mol. The van der Waals surface area contributed by atoms with Crippen LogP contribution in [-0.4, -0.2) is 48.5 Å². The summed E-state index contributed by atoms with van der Waals surface area (Å²) in [5, 5.41) is 11.0. The van der Waals surface area contributed by atoms with Crippen LogP contribution in [0.4, 0.5) is 13.2 Å². The van der Waals surface area contributed by atoms with E-state index in [1.54, 1.807) is 12.1 Å². The number of nitrogens with zero attached hydrogens (tertiary/aromatic N) is 1. The van der Waals surface area contributed by atoms with Gasteiger partial charge in [-0.15, -0.1) is 0 Å². The molecule has 3 aliphatic rings. The van der Waals surface area contributed by atoms with E-state index in [0.717, 1.165) is 6.92 Å². The zero-order valence-corrected chi connectivity index (χ0v) is 17.5. The number of fused-ring (bicyclic) bond motifs is 3. The Balaban J connectivity index is 1.79. The lowest BCUT2D eigenvalue weighted by atomic mass is 9.75. The molecule has 2 aromatic carbocycles. The van der Waals surface area contributed by atoms with Crippen LogP contribution in [0.15, 0.2) is 18.2 Å². The Morgan fingerprint density at radius 1 is 1.18 bits per heavy atom. The van der Waals surface area contributed by atoms with Gasteiger partial charge in [0.05, 0.1) is 19.7 Å².